The van der Waals surface area contributed by atoms with Gasteiger partial charge < -0.3 is 10.1 Å². The van der Waals surface area contributed by atoms with Crippen molar-refractivity contribution >= 4 is 33.2 Å². The Morgan fingerprint density at radius 2 is 1.90 bits per heavy atom. The SMILES string of the molecule is CCC(Nc1cc(C)c(Cl)cc1OC)c1ccc(Br)cc1. The van der Waals surface area contributed by atoms with E-state index in [1.165, 1.54) is 5.56 Å². The first kappa shape index (κ1) is 16.2. The molecule has 0 saturated heterocycles. The van der Waals surface area contributed by atoms with Crippen LogP contribution in [-0.4, -0.2) is 7.11 Å². The second-order valence-electron chi connectivity index (χ2n) is 4.96. The van der Waals surface area contributed by atoms with E-state index >= 15 is 0 Å². The van der Waals surface area contributed by atoms with Crippen molar-refractivity contribution in [1.29, 1.82) is 0 Å². The summed E-state index contributed by atoms with van der Waals surface area (Å²) in [6.07, 6.45) is 0.979. The average Bonchev–Trinajstić information content (AvgIpc) is 2.49. The molecule has 1 atom stereocenters. The van der Waals surface area contributed by atoms with Gasteiger partial charge in [-0.1, -0.05) is 46.6 Å². The van der Waals surface area contributed by atoms with Crippen molar-refractivity contribution in [3.05, 3.63) is 57.0 Å². The van der Waals surface area contributed by atoms with E-state index in [9.17, 15) is 0 Å². The molecule has 0 bridgehead atoms. The number of ether oxygens (including phenoxy) is 1. The second-order valence-corrected chi connectivity index (χ2v) is 6.28. The van der Waals surface area contributed by atoms with E-state index in [4.69, 9.17) is 16.3 Å². The molecule has 0 fully saturated rings. The van der Waals surface area contributed by atoms with Crippen LogP contribution in [0, 0.1) is 6.92 Å². The maximum absolute atomic E-state index is 6.16. The first-order valence-corrected chi connectivity index (χ1v) is 8.08. The van der Waals surface area contributed by atoms with Gasteiger partial charge in [0.1, 0.15) is 5.75 Å². The Bertz CT molecular complexity index is 613. The second kappa shape index (κ2) is 7.19. The molecule has 0 saturated carbocycles. The maximum Gasteiger partial charge on any atom is 0.143 e. The largest absolute Gasteiger partial charge is 0.495 e. The number of aryl methyl sites for hydroxylation is 1. The molecule has 0 amide bonds. The molecule has 112 valence electrons. The Balaban J connectivity index is 2.30. The maximum atomic E-state index is 6.16. The minimum absolute atomic E-state index is 0.229. The summed E-state index contributed by atoms with van der Waals surface area (Å²) in [5.41, 5.74) is 3.25. The Morgan fingerprint density at radius 1 is 1.24 bits per heavy atom. The van der Waals surface area contributed by atoms with E-state index in [-0.39, 0.29) is 6.04 Å². The van der Waals surface area contributed by atoms with Crippen molar-refractivity contribution in [2.45, 2.75) is 26.3 Å². The average molecular weight is 369 g/mol. The van der Waals surface area contributed by atoms with Gasteiger partial charge in [0, 0.05) is 15.6 Å². The number of benzene rings is 2. The van der Waals surface area contributed by atoms with Gasteiger partial charge >= 0.3 is 0 Å². The van der Waals surface area contributed by atoms with Crippen molar-refractivity contribution in [3.63, 3.8) is 0 Å². The zero-order valence-electron chi connectivity index (χ0n) is 12.4. The van der Waals surface area contributed by atoms with Crippen LogP contribution in [0.15, 0.2) is 40.9 Å². The molecule has 2 nitrogen and oxygen atoms in total. The van der Waals surface area contributed by atoms with E-state index in [0.29, 0.717) is 5.02 Å². The lowest BCUT2D eigenvalue weighted by Gasteiger charge is -2.21. The summed E-state index contributed by atoms with van der Waals surface area (Å²) in [6.45, 7) is 4.16. The zero-order valence-corrected chi connectivity index (χ0v) is 14.8. The molecule has 1 N–H and O–H groups in total. The van der Waals surface area contributed by atoms with Crippen LogP contribution in [-0.2, 0) is 0 Å². The fraction of sp³-hybridized carbons (Fsp3) is 0.294. The lowest BCUT2D eigenvalue weighted by molar-refractivity contribution is 0.416. The van der Waals surface area contributed by atoms with Gasteiger partial charge in [-0.15, -0.1) is 0 Å². The number of rotatable bonds is 5. The summed E-state index contributed by atoms with van der Waals surface area (Å²) in [5.74, 6) is 0.765. The molecule has 4 heteroatoms. The Morgan fingerprint density at radius 3 is 2.48 bits per heavy atom. The molecular weight excluding hydrogens is 350 g/mol. The Labute approximate surface area is 139 Å². The van der Waals surface area contributed by atoms with Crippen LogP contribution in [0.5, 0.6) is 5.75 Å². The van der Waals surface area contributed by atoms with Crippen molar-refractivity contribution in [3.8, 4) is 5.75 Å². The molecule has 2 rings (SSSR count). The predicted molar refractivity (Wildman–Crippen MR) is 93.5 cm³/mol. The van der Waals surface area contributed by atoms with Crippen LogP contribution >= 0.6 is 27.5 Å². The van der Waals surface area contributed by atoms with E-state index in [1.807, 2.05) is 19.1 Å². The van der Waals surface area contributed by atoms with Crippen molar-refractivity contribution in [2.75, 3.05) is 12.4 Å². The molecular formula is C17H19BrClNO. The van der Waals surface area contributed by atoms with Crippen LogP contribution in [0.1, 0.15) is 30.5 Å². The van der Waals surface area contributed by atoms with Crippen LogP contribution in [0.3, 0.4) is 0 Å². The molecule has 1 unspecified atom stereocenters. The van der Waals surface area contributed by atoms with Crippen molar-refractivity contribution < 1.29 is 4.74 Å². The quantitative estimate of drug-likeness (QED) is 0.700. The van der Waals surface area contributed by atoms with Gasteiger partial charge in [-0.05, 0) is 42.7 Å². The molecule has 0 aliphatic carbocycles. The minimum Gasteiger partial charge on any atom is -0.495 e. The lowest BCUT2D eigenvalue weighted by atomic mass is 10.0. The minimum atomic E-state index is 0.229. The summed E-state index contributed by atoms with van der Waals surface area (Å²) in [4.78, 5) is 0. The smallest absolute Gasteiger partial charge is 0.143 e. The summed E-state index contributed by atoms with van der Waals surface area (Å²) in [6, 6.07) is 12.5. The van der Waals surface area contributed by atoms with Gasteiger partial charge in [0.25, 0.3) is 0 Å². The van der Waals surface area contributed by atoms with Gasteiger partial charge in [0.05, 0.1) is 18.8 Å². The molecule has 0 spiro atoms. The van der Waals surface area contributed by atoms with Crippen molar-refractivity contribution in [1.82, 2.24) is 0 Å². The topological polar surface area (TPSA) is 21.3 Å². The standard InChI is InChI=1S/C17H19BrClNO/c1-4-15(12-5-7-13(18)8-6-12)20-16-9-11(2)14(19)10-17(16)21-3/h5-10,15,20H,4H2,1-3H3. The molecule has 0 radical (unpaired) electrons. The Kier molecular flexibility index (Phi) is 5.54. The molecule has 0 aliphatic heterocycles. The summed E-state index contributed by atoms with van der Waals surface area (Å²) >= 11 is 9.62. The van der Waals surface area contributed by atoms with Crippen LogP contribution in [0.25, 0.3) is 0 Å². The number of anilines is 1. The lowest BCUT2D eigenvalue weighted by Crippen LogP contribution is -2.10. The monoisotopic (exact) mass is 367 g/mol. The third-order valence-electron chi connectivity index (χ3n) is 3.49. The summed E-state index contributed by atoms with van der Waals surface area (Å²) in [5, 5.41) is 4.27. The number of halogens is 2. The van der Waals surface area contributed by atoms with E-state index in [0.717, 1.165) is 27.9 Å². The van der Waals surface area contributed by atoms with Crippen LogP contribution in [0.2, 0.25) is 5.02 Å². The summed E-state index contributed by atoms with van der Waals surface area (Å²) < 4.78 is 6.51. The zero-order chi connectivity index (χ0) is 15.4. The van der Waals surface area contributed by atoms with Gasteiger partial charge in [0.2, 0.25) is 0 Å². The molecule has 2 aromatic carbocycles. The molecule has 0 heterocycles. The fourth-order valence-corrected chi connectivity index (χ4v) is 2.67. The normalized spacial score (nSPS) is 12.0. The van der Waals surface area contributed by atoms with Gasteiger partial charge in [0.15, 0.2) is 0 Å². The highest BCUT2D eigenvalue weighted by Gasteiger charge is 2.13. The first-order chi connectivity index (χ1) is 10.0. The number of hydrogen-bond donors (Lipinski definition) is 1. The number of nitrogens with one attached hydrogen (secondary N) is 1. The number of methoxy groups -OCH3 is 1. The number of hydrogen-bond acceptors (Lipinski definition) is 2. The molecule has 0 aromatic heterocycles. The van der Waals surface area contributed by atoms with Crippen LogP contribution < -0.4 is 10.1 Å². The van der Waals surface area contributed by atoms with Crippen molar-refractivity contribution in [2.24, 2.45) is 0 Å². The van der Waals surface area contributed by atoms with E-state index < -0.39 is 0 Å². The molecule has 2 aromatic rings. The first-order valence-electron chi connectivity index (χ1n) is 6.91. The van der Waals surface area contributed by atoms with E-state index in [2.05, 4.69) is 52.4 Å². The van der Waals surface area contributed by atoms with Gasteiger partial charge in [-0.3, -0.25) is 0 Å². The van der Waals surface area contributed by atoms with Gasteiger partial charge in [-0.25, -0.2) is 0 Å². The van der Waals surface area contributed by atoms with Crippen LogP contribution in [0.4, 0.5) is 5.69 Å². The third-order valence-corrected chi connectivity index (χ3v) is 4.43. The highest BCUT2D eigenvalue weighted by Crippen LogP contribution is 2.34. The third kappa shape index (κ3) is 3.92. The molecule has 21 heavy (non-hydrogen) atoms. The fourth-order valence-electron chi connectivity index (χ4n) is 2.25. The predicted octanol–water partition coefficient (Wildman–Crippen LogP) is 5.98. The highest BCUT2D eigenvalue weighted by atomic mass is 79.9. The Hall–Kier alpha value is -1.19. The summed E-state index contributed by atoms with van der Waals surface area (Å²) in [7, 11) is 1.66. The van der Waals surface area contributed by atoms with E-state index in [1.54, 1.807) is 7.11 Å². The molecule has 0 aliphatic rings. The highest BCUT2D eigenvalue weighted by molar-refractivity contribution is 9.10. The van der Waals surface area contributed by atoms with Gasteiger partial charge in [-0.2, -0.15) is 0 Å².